The fourth-order valence-electron chi connectivity index (χ4n) is 8.90. The van der Waals surface area contributed by atoms with Crippen molar-refractivity contribution < 1.29 is 29.3 Å². The normalized spacial score (nSPS) is 58.9. The second-order valence-electron chi connectivity index (χ2n) is 11.0. The third kappa shape index (κ3) is 2.03. The molecule has 0 aromatic carbocycles. The second kappa shape index (κ2) is 6.19. The molecule has 2 aliphatic heterocycles. The van der Waals surface area contributed by atoms with E-state index in [0.29, 0.717) is 50.9 Å². The molecular weight excluding hydrogens is 386 g/mol. The molecule has 2 saturated heterocycles. The highest BCUT2D eigenvalue weighted by atomic mass is 16.8. The van der Waals surface area contributed by atoms with Gasteiger partial charge < -0.3 is 29.3 Å². The van der Waals surface area contributed by atoms with Gasteiger partial charge in [0, 0.05) is 17.3 Å². The minimum absolute atomic E-state index is 0.240. The Hall–Kier alpha value is -0.730. The Balaban J connectivity index is 1.45. The van der Waals surface area contributed by atoms with Crippen molar-refractivity contribution in [1.82, 2.24) is 0 Å². The van der Waals surface area contributed by atoms with E-state index < -0.39 is 17.2 Å². The van der Waals surface area contributed by atoms with Crippen LogP contribution in [0.4, 0.5) is 0 Å². The van der Waals surface area contributed by atoms with E-state index in [0.717, 1.165) is 38.5 Å². The number of fused-ring (bicyclic) bond motifs is 5. The fraction of sp³-hybridized carbons (Fsp3) is 0.957. The first kappa shape index (κ1) is 19.9. The highest BCUT2D eigenvalue weighted by Crippen LogP contribution is 2.72. The summed E-state index contributed by atoms with van der Waals surface area (Å²) in [5.74, 6) is -0.803. The maximum Gasteiger partial charge on any atom is 0.229 e. The number of oxime groups is 1. The van der Waals surface area contributed by atoms with E-state index in [-0.39, 0.29) is 22.7 Å². The lowest BCUT2D eigenvalue weighted by molar-refractivity contribution is -0.474. The van der Waals surface area contributed by atoms with E-state index in [2.05, 4.69) is 19.0 Å². The molecule has 0 spiro atoms. The molecule has 7 nitrogen and oxygen atoms in total. The largest absolute Gasteiger partial charge is 0.411 e. The lowest BCUT2D eigenvalue weighted by atomic mass is 9.43. The molecule has 0 aromatic rings. The zero-order valence-electron chi connectivity index (χ0n) is 18.2. The summed E-state index contributed by atoms with van der Waals surface area (Å²) in [6.07, 6.45) is 7.11. The SMILES string of the molecule is C[C@]12CC[C@H]3[C@@H](C/C(=N\O)[C@@]4(O)CCCC[C@]34C)[C@@H]1CC13OCCOC12OCCO3. The Morgan fingerprint density at radius 1 is 0.867 bits per heavy atom. The number of rotatable bonds is 0. The average Bonchev–Trinajstić information content (AvgIpc) is 3.00. The first-order chi connectivity index (χ1) is 14.4. The molecule has 30 heavy (non-hydrogen) atoms. The van der Waals surface area contributed by atoms with Crippen LogP contribution in [0.2, 0.25) is 0 Å². The first-order valence-electron chi connectivity index (χ1n) is 11.9. The average molecular weight is 422 g/mol. The summed E-state index contributed by atoms with van der Waals surface area (Å²) in [5, 5.41) is 25.4. The van der Waals surface area contributed by atoms with Crippen molar-refractivity contribution in [2.24, 2.45) is 33.7 Å². The highest BCUT2D eigenvalue weighted by molar-refractivity contribution is 5.94. The highest BCUT2D eigenvalue weighted by Gasteiger charge is 2.80. The Kier molecular flexibility index (Phi) is 4.11. The Bertz CT molecular complexity index is 759. The van der Waals surface area contributed by atoms with Gasteiger partial charge in [-0.2, -0.15) is 0 Å². The molecule has 168 valence electrons. The van der Waals surface area contributed by atoms with Crippen LogP contribution in [0.5, 0.6) is 0 Å². The van der Waals surface area contributed by atoms with Crippen molar-refractivity contribution in [1.29, 1.82) is 0 Å². The number of aliphatic hydroxyl groups is 1. The van der Waals surface area contributed by atoms with E-state index >= 15 is 0 Å². The third-order valence-corrected chi connectivity index (χ3v) is 10.3. The molecule has 0 radical (unpaired) electrons. The zero-order chi connectivity index (χ0) is 20.8. The number of hydrogen-bond donors (Lipinski definition) is 2. The topological polar surface area (TPSA) is 89.7 Å². The van der Waals surface area contributed by atoms with Gasteiger partial charge in [0.05, 0.1) is 32.1 Å². The molecule has 4 aliphatic carbocycles. The maximum absolute atomic E-state index is 11.8. The van der Waals surface area contributed by atoms with Crippen LogP contribution in [-0.2, 0) is 18.9 Å². The summed E-state index contributed by atoms with van der Waals surface area (Å²) in [7, 11) is 0. The van der Waals surface area contributed by atoms with E-state index in [1.54, 1.807) is 0 Å². The molecule has 6 fully saturated rings. The van der Waals surface area contributed by atoms with Crippen LogP contribution >= 0.6 is 0 Å². The molecule has 0 aromatic heterocycles. The van der Waals surface area contributed by atoms with Gasteiger partial charge in [0.2, 0.25) is 11.6 Å². The molecule has 0 bridgehead atoms. The van der Waals surface area contributed by atoms with E-state index in [9.17, 15) is 10.3 Å². The smallest absolute Gasteiger partial charge is 0.229 e. The summed E-state index contributed by atoms with van der Waals surface area (Å²) >= 11 is 0. The Morgan fingerprint density at radius 2 is 1.53 bits per heavy atom. The van der Waals surface area contributed by atoms with Gasteiger partial charge in [-0.1, -0.05) is 31.8 Å². The number of ether oxygens (including phenoxy) is 4. The molecule has 6 atom stereocenters. The maximum atomic E-state index is 11.8. The zero-order valence-corrected chi connectivity index (χ0v) is 18.2. The van der Waals surface area contributed by atoms with Crippen LogP contribution in [0.3, 0.4) is 0 Å². The predicted molar refractivity (Wildman–Crippen MR) is 107 cm³/mol. The molecular formula is C23H35NO6. The van der Waals surface area contributed by atoms with Crippen LogP contribution in [0.25, 0.3) is 0 Å². The van der Waals surface area contributed by atoms with Crippen molar-refractivity contribution in [2.75, 3.05) is 26.4 Å². The lowest BCUT2D eigenvalue weighted by Crippen LogP contribution is -2.70. The number of hydrogen-bond acceptors (Lipinski definition) is 7. The predicted octanol–water partition coefficient (Wildman–Crippen LogP) is 3.07. The van der Waals surface area contributed by atoms with Gasteiger partial charge in [-0.15, -0.1) is 0 Å². The second-order valence-corrected chi connectivity index (χ2v) is 11.0. The van der Waals surface area contributed by atoms with E-state index in [1.807, 2.05) is 0 Å². The van der Waals surface area contributed by atoms with Crippen LogP contribution in [0.15, 0.2) is 5.16 Å². The first-order valence-corrected chi connectivity index (χ1v) is 11.9. The van der Waals surface area contributed by atoms with Gasteiger partial charge in [-0.05, 0) is 49.9 Å². The minimum atomic E-state index is -0.996. The molecule has 7 heteroatoms. The molecule has 2 N–H and O–H groups in total. The van der Waals surface area contributed by atoms with Crippen molar-refractivity contribution >= 4 is 5.71 Å². The van der Waals surface area contributed by atoms with Gasteiger partial charge in [0.15, 0.2) is 0 Å². The number of nitrogens with zero attached hydrogens (tertiary/aromatic N) is 1. The van der Waals surface area contributed by atoms with Crippen molar-refractivity contribution in [2.45, 2.75) is 82.4 Å². The molecule has 6 aliphatic rings. The molecule has 4 saturated carbocycles. The van der Waals surface area contributed by atoms with Crippen molar-refractivity contribution in [3.63, 3.8) is 0 Å². The van der Waals surface area contributed by atoms with Gasteiger partial charge in [0.25, 0.3) is 0 Å². The van der Waals surface area contributed by atoms with Gasteiger partial charge in [0.1, 0.15) is 5.60 Å². The van der Waals surface area contributed by atoms with Crippen LogP contribution in [0.1, 0.15) is 65.2 Å². The Labute approximate surface area is 178 Å². The van der Waals surface area contributed by atoms with Crippen LogP contribution < -0.4 is 0 Å². The van der Waals surface area contributed by atoms with Crippen LogP contribution in [0, 0.1) is 28.6 Å². The fourth-order valence-corrected chi connectivity index (χ4v) is 8.90. The Morgan fingerprint density at radius 3 is 2.23 bits per heavy atom. The van der Waals surface area contributed by atoms with E-state index in [4.69, 9.17) is 18.9 Å². The quantitative estimate of drug-likeness (QED) is 0.462. The summed E-state index contributed by atoms with van der Waals surface area (Å²) in [6.45, 7) is 6.59. The summed E-state index contributed by atoms with van der Waals surface area (Å²) in [5.41, 5.74) is -0.930. The lowest BCUT2D eigenvalue weighted by Gasteiger charge is -2.64. The monoisotopic (exact) mass is 421 g/mol. The van der Waals surface area contributed by atoms with Gasteiger partial charge in [-0.25, -0.2) is 0 Å². The molecule has 0 amide bonds. The molecule has 6 rings (SSSR count). The minimum Gasteiger partial charge on any atom is -0.411 e. The van der Waals surface area contributed by atoms with Crippen molar-refractivity contribution in [3.8, 4) is 0 Å². The van der Waals surface area contributed by atoms with E-state index in [1.165, 1.54) is 0 Å². The summed E-state index contributed by atoms with van der Waals surface area (Å²) < 4.78 is 25.5. The summed E-state index contributed by atoms with van der Waals surface area (Å²) in [6, 6.07) is 0. The molecule has 0 unspecified atom stereocenters. The third-order valence-electron chi connectivity index (χ3n) is 10.3. The van der Waals surface area contributed by atoms with Crippen LogP contribution in [-0.4, -0.2) is 59.6 Å². The molecule has 2 heterocycles. The summed E-state index contributed by atoms with van der Waals surface area (Å²) in [4.78, 5) is 0. The standard InChI is InChI=1S/C23H35NO6/c1-19-6-3-4-7-21(19,25)18(24-26)13-15-16(19)5-8-20(2)17(15)14-22-23(20,29-11-9-27-22)30-12-10-28-22/h15-17,25-26H,3-14H2,1-2H3/b24-18+/t15-,16+,17+,19-,20+,21+,22?,23?/m1/s1. The van der Waals surface area contributed by atoms with Crippen molar-refractivity contribution in [3.05, 3.63) is 0 Å². The van der Waals surface area contributed by atoms with Gasteiger partial charge >= 0.3 is 0 Å². The van der Waals surface area contributed by atoms with Gasteiger partial charge in [-0.3, -0.25) is 0 Å².